The van der Waals surface area contributed by atoms with Crippen LogP contribution in [0.4, 0.5) is 0 Å². The van der Waals surface area contributed by atoms with Crippen LogP contribution in [0.15, 0.2) is 21.8 Å². The van der Waals surface area contributed by atoms with E-state index in [9.17, 15) is 0 Å². The third-order valence-electron chi connectivity index (χ3n) is 1.78. The van der Waals surface area contributed by atoms with Gasteiger partial charge >= 0.3 is 0 Å². The van der Waals surface area contributed by atoms with Gasteiger partial charge in [0, 0.05) is 25.7 Å². The number of nitrogens with zero attached hydrogens (tertiary/aromatic N) is 1. The summed E-state index contributed by atoms with van der Waals surface area (Å²) in [6, 6.07) is 2.00. The molecule has 0 N–H and O–H groups in total. The molecule has 0 saturated heterocycles. The van der Waals surface area contributed by atoms with Crippen LogP contribution in [0.2, 0.25) is 0 Å². The lowest BCUT2D eigenvalue weighted by atomic mass is 10.3. The predicted octanol–water partition coefficient (Wildman–Crippen LogP) is 3.28. The average molecular weight is 276 g/mol. The number of methoxy groups -OCH3 is 1. The number of thioether (sulfide) groups is 1. The van der Waals surface area contributed by atoms with Gasteiger partial charge in [0.2, 0.25) is 0 Å². The van der Waals surface area contributed by atoms with Crippen molar-refractivity contribution in [2.24, 2.45) is 0 Å². The monoisotopic (exact) mass is 275 g/mol. The van der Waals surface area contributed by atoms with E-state index in [0.717, 1.165) is 28.3 Å². The molecule has 4 heteroatoms. The van der Waals surface area contributed by atoms with Crippen LogP contribution in [-0.4, -0.2) is 24.5 Å². The Morgan fingerprint density at radius 2 is 2.36 bits per heavy atom. The van der Waals surface area contributed by atoms with E-state index in [4.69, 9.17) is 4.74 Å². The molecule has 0 fully saturated rings. The lowest BCUT2D eigenvalue weighted by Gasteiger charge is -2.04. The van der Waals surface area contributed by atoms with Crippen LogP contribution in [0.3, 0.4) is 0 Å². The van der Waals surface area contributed by atoms with E-state index in [1.165, 1.54) is 5.56 Å². The van der Waals surface area contributed by atoms with Crippen molar-refractivity contribution >= 4 is 27.7 Å². The molecule has 0 unspecified atom stereocenters. The third kappa shape index (κ3) is 3.59. The first-order valence-electron chi connectivity index (χ1n) is 4.48. The highest BCUT2D eigenvalue weighted by Crippen LogP contribution is 2.27. The number of hydrogen-bond acceptors (Lipinski definition) is 3. The molecule has 0 saturated carbocycles. The molecule has 0 spiro atoms. The minimum absolute atomic E-state index is 0.816. The molecule has 0 aliphatic carbocycles. The van der Waals surface area contributed by atoms with Gasteiger partial charge in [-0.25, -0.2) is 4.98 Å². The van der Waals surface area contributed by atoms with E-state index in [1.54, 1.807) is 18.9 Å². The minimum atomic E-state index is 0.816. The predicted molar refractivity (Wildman–Crippen MR) is 63.9 cm³/mol. The largest absolute Gasteiger partial charge is 0.385 e. The van der Waals surface area contributed by atoms with Crippen molar-refractivity contribution in [2.45, 2.75) is 18.4 Å². The Morgan fingerprint density at radius 1 is 1.57 bits per heavy atom. The third-order valence-corrected chi connectivity index (χ3v) is 4.12. The SMILES string of the molecule is COCCCSc1nccc(C)c1Br. The topological polar surface area (TPSA) is 22.1 Å². The van der Waals surface area contributed by atoms with Crippen LogP contribution in [-0.2, 0) is 4.74 Å². The number of ether oxygens (including phenoxy) is 1. The Kier molecular flexibility index (Phi) is 5.52. The zero-order valence-electron chi connectivity index (χ0n) is 8.42. The molecule has 2 nitrogen and oxygen atoms in total. The zero-order chi connectivity index (χ0) is 10.4. The van der Waals surface area contributed by atoms with Gasteiger partial charge in [0.05, 0.1) is 4.47 Å². The first-order valence-corrected chi connectivity index (χ1v) is 6.26. The normalized spacial score (nSPS) is 10.5. The van der Waals surface area contributed by atoms with Gasteiger partial charge < -0.3 is 4.74 Å². The van der Waals surface area contributed by atoms with Crippen molar-refractivity contribution in [3.8, 4) is 0 Å². The highest BCUT2D eigenvalue weighted by atomic mass is 79.9. The van der Waals surface area contributed by atoms with E-state index in [2.05, 4.69) is 27.8 Å². The molecule has 0 radical (unpaired) electrons. The van der Waals surface area contributed by atoms with Gasteiger partial charge in [-0.2, -0.15) is 0 Å². The van der Waals surface area contributed by atoms with E-state index < -0.39 is 0 Å². The Labute approximate surface area is 97.6 Å². The lowest BCUT2D eigenvalue weighted by molar-refractivity contribution is 0.200. The van der Waals surface area contributed by atoms with Crippen LogP contribution >= 0.6 is 27.7 Å². The quantitative estimate of drug-likeness (QED) is 0.608. The van der Waals surface area contributed by atoms with E-state index in [0.29, 0.717) is 0 Å². The summed E-state index contributed by atoms with van der Waals surface area (Å²) in [5.74, 6) is 1.04. The van der Waals surface area contributed by atoms with Crippen molar-refractivity contribution in [1.29, 1.82) is 0 Å². The lowest BCUT2D eigenvalue weighted by Crippen LogP contribution is -1.92. The summed E-state index contributed by atoms with van der Waals surface area (Å²) >= 11 is 5.30. The molecular weight excluding hydrogens is 262 g/mol. The van der Waals surface area contributed by atoms with Gasteiger partial charge in [0.1, 0.15) is 5.03 Å². The van der Waals surface area contributed by atoms with E-state index in [1.807, 2.05) is 12.3 Å². The van der Waals surface area contributed by atoms with Crippen LogP contribution in [0.25, 0.3) is 0 Å². The van der Waals surface area contributed by atoms with Crippen LogP contribution in [0, 0.1) is 6.92 Å². The molecule has 1 aromatic rings. The Hall–Kier alpha value is -0.0600. The van der Waals surface area contributed by atoms with Gasteiger partial charge in [-0.3, -0.25) is 0 Å². The fourth-order valence-electron chi connectivity index (χ4n) is 0.988. The number of aryl methyl sites for hydroxylation is 1. The van der Waals surface area contributed by atoms with Crippen molar-refractivity contribution < 1.29 is 4.74 Å². The van der Waals surface area contributed by atoms with Crippen molar-refractivity contribution in [2.75, 3.05) is 19.5 Å². The van der Waals surface area contributed by atoms with Gasteiger partial charge in [0.15, 0.2) is 0 Å². The summed E-state index contributed by atoms with van der Waals surface area (Å²) in [4.78, 5) is 4.31. The standard InChI is InChI=1S/C10H14BrNOS/c1-8-4-5-12-10(9(8)11)14-7-3-6-13-2/h4-5H,3,6-7H2,1-2H3. The van der Waals surface area contributed by atoms with Gasteiger partial charge in [-0.1, -0.05) is 0 Å². The maximum Gasteiger partial charge on any atom is 0.110 e. The molecule has 14 heavy (non-hydrogen) atoms. The second kappa shape index (κ2) is 6.43. The maximum atomic E-state index is 4.99. The average Bonchev–Trinajstić information content (AvgIpc) is 2.19. The number of aromatic nitrogens is 1. The van der Waals surface area contributed by atoms with Crippen LogP contribution in [0.1, 0.15) is 12.0 Å². The number of rotatable bonds is 5. The summed E-state index contributed by atoms with van der Waals surface area (Å²) in [5, 5.41) is 1.07. The van der Waals surface area contributed by atoms with Gasteiger partial charge in [0.25, 0.3) is 0 Å². The van der Waals surface area contributed by atoms with Crippen molar-refractivity contribution in [1.82, 2.24) is 4.98 Å². The number of hydrogen-bond donors (Lipinski definition) is 0. The number of halogens is 1. The molecule has 0 aliphatic heterocycles. The maximum absolute atomic E-state index is 4.99. The smallest absolute Gasteiger partial charge is 0.110 e. The fraction of sp³-hybridized carbons (Fsp3) is 0.500. The van der Waals surface area contributed by atoms with Crippen LogP contribution in [0.5, 0.6) is 0 Å². The molecule has 0 aliphatic rings. The van der Waals surface area contributed by atoms with Crippen LogP contribution < -0.4 is 0 Å². The van der Waals surface area contributed by atoms with Gasteiger partial charge in [-0.05, 0) is 40.9 Å². The molecule has 0 atom stereocenters. The first-order chi connectivity index (χ1) is 6.75. The van der Waals surface area contributed by atoms with Gasteiger partial charge in [-0.15, -0.1) is 11.8 Å². The molecule has 1 aromatic heterocycles. The Morgan fingerprint density at radius 3 is 3.07 bits per heavy atom. The number of pyridine rings is 1. The van der Waals surface area contributed by atoms with E-state index >= 15 is 0 Å². The molecule has 1 heterocycles. The van der Waals surface area contributed by atoms with Crippen molar-refractivity contribution in [3.63, 3.8) is 0 Å². The zero-order valence-corrected chi connectivity index (χ0v) is 10.8. The second-order valence-corrected chi connectivity index (χ2v) is 4.82. The Balaban J connectivity index is 2.46. The summed E-state index contributed by atoms with van der Waals surface area (Å²) in [5.41, 5.74) is 1.23. The van der Waals surface area contributed by atoms with E-state index in [-0.39, 0.29) is 0 Å². The summed E-state index contributed by atoms with van der Waals surface area (Å²) < 4.78 is 6.10. The highest BCUT2D eigenvalue weighted by Gasteiger charge is 2.03. The molecule has 1 rings (SSSR count). The Bertz CT molecular complexity index is 293. The first kappa shape index (κ1) is 12.0. The minimum Gasteiger partial charge on any atom is -0.385 e. The van der Waals surface area contributed by atoms with Crippen molar-refractivity contribution in [3.05, 3.63) is 22.3 Å². The molecular formula is C10H14BrNOS. The molecule has 0 amide bonds. The molecule has 0 bridgehead atoms. The highest BCUT2D eigenvalue weighted by molar-refractivity contribution is 9.10. The summed E-state index contributed by atoms with van der Waals surface area (Å²) in [6.45, 7) is 2.89. The summed E-state index contributed by atoms with van der Waals surface area (Å²) in [6.07, 6.45) is 2.90. The molecule has 78 valence electrons. The molecule has 0 aromatic carbocycles. The summed E-state index contributed by atoms with van der Waals surface area (Å²) in [7, 11) is 1.73. The second-order valence-electron chi connectivity index (χ2n) is 2.94. The fourth-order valence-corrected chi connectivity index (χ4v) is 2.44.